The summed E-state index contributed by atoms with van der Waals surface area (Å²) in [6.07, 6.45) is 3.24. The zero-order chi connectivity index (χ0) is 21.1. The number of halogens is 3. The van der Waals surface area contributed by atoms with E-state index in [0.29, 0.717) is 16.2 Å². The molecule has 0 unspecified atom stereocenters. The van der Waals surface area contributed by atoms with Crippen molar-refractivity contribution in [2.24, 2.45) is 0 Å². The summed E-state index contributed by atoms with van der Waals surface area (Å²) >= 11 is 19.9. The Labute approximate surface area is 189 Å². The summed E-state index contributed by atoms with van der Waals surface area (Å²) in [6.45, 7) is 0. The number of rotatable bonds is 7. The molecular weight excluding hydrogens is 481 g/mol. The highest BCUT2D eigenvalue weighted by molar-refractivity contribution is 8.00. The number of aromatic nitrogens is 1. The lowest BCUT2D eigenvalue weighted by molar-refractivity contribution is -0.150. The Bertz CT molecular complexity index is 905. The molecule has 2 aliphatic rings. The number of fused-ring (bicyclic) bond motifs is 1. The van der Waals surface area contributed by atoms with Crippen LogP contribution in [0.5, 0.6) is 0 Å². The van der Waals surface area contributed by atoms with Crippen LogP contribution >= 0.6 is 58.3 Å². The number of pyridine rings is 1. The second-order valence-corrected chi connectivity index (χ2v) is 9.16. The third kappa shape index (κ3) is 5.03. The summed E-state index contributed by atoms with van der Waals surface area (Å²) in [5.41, 5.74) is 0.445. The van der Waals surface area contributed by atoms with Crippen LogP contribution in [0, 0.1) is 0 Å². The molecule has 1 fully saturated rings. The van der Waals surface area contributed by atoms with E-state index in [1.54, 1.807) is 24.3 Å². The minimum absolute atomic E-state index is 0.0448. The molecule has 29 heavy (non-hydrogen) atoms. The fraction of sp³-hybridized carbons (Fsp3) is 0.294. The van der Waals surface area contributed by atoms with Gasteiger partial charge in [-0.05, 0) is 17.7 Å². The van der Waals surface area contributed by atoms with E-state index in [4.69, 9.17) is 34.8 Å². The van der Waals surface area contributed by atoms with Crippen molar-refractivity contribution in [1.29, 1.82) is 0 Å². The van der Waals surface area contributed by atoms with Gasteiger partial charge in [0.25, 0.3) is 5.91 Å². The lowest BCUT2D eigenvalue weighted by Crippen LogP contribution is -2.70. The van der Waals surface area contributed by atoms with Crippen LogP contribution in [0.25, 0.3) is 0 Å². The number of hydrogen-bond acceptors (Lipinski definition) is 6. The summed E-state index contributed by atoms with van der Waals surface area (Å²) in [6, 6.07) is 2.39. The maximum absolute atomic E-state index is 12.5. The van der Waals surface area contributed by atoms with Gasteiger partial charge < -0.3 is 10.4 Å². The van der Waals surface area contributed by atoms with Gasteiger partial charge in [-0.3, -0.25) is 14.5 Å². The number of amides is 2. The second kappa shape index (κ2) is 9.61. The number of alkyl halides is 1. The minimum Gasteiger partial charge on any atom is -0.477 e. The number of carboxylic acid groups (broad SMARTS) is 1. The summed E-state index contributed by atoms with van der Waals surface area (Å²) in [4.78, 5) is 42.2. The van der Waals surface area contributed by atoms with E-state index in [0.717, 1.165) is 0 Å². The third-order valence-electron chi connectivity index (χ3n) is 4.03. The fourth-order valence-electron chi connectivity index (χ4n) is 2.85. The Morgan fingerprint density at radius 1 is 1.38 bits per heavy atom. The van der Waals surface area contributed by atoms with Crippen LogP contribution in [0.4, 0.5) is 0 Å². The van der Waals surface area contributed by atoms with Crippen LogP contribution in [0.1, 0.15) is 0 Å². The van der Waals surface area contributed by atoms with E-state index < -0.39 is 23.3 Å². The highest BCUT2D eigenvalue weighted by Gasteiger charge is 2.53. The molecule has 0 bridgehead atoms. The van der Waals surface area contributed by atoms with Crippen molar-refractivity contribution >= 4 is 76.1 Å². The standard InChI is InChI=1S/C17H14Cl3N3O4S2/c18-3-1-2-8-6-29-16-13(15(25)23(16)14(8)17(26)27)22-12(24)7-28-9-4-10(19)21-11(20)5-9/h1-2,4-5,13,16H,3,6-7H2,(H,22,24)(H,26,27)/t13-,16-/m1/s1. The molecule has 3 heterocycles. The van der Waals surface area contributed by atoms with E-state index in [-0.39, 0.29) is 33.5 Å². The molecular formula is C17H14Cl3N3O4S2. The van der Waals surface area contributed by atoms with E-state index >= 15 is 0 Å². The van der Waals surface area contributed by atoms with Crippen molar-refractivity contribution in [3.63, 3.8) is 0 Å². The van der Waals surface area contributed by atoms with Crippen LogP contribution in [-0.2, 0) is 14.4 Å². The van der Waals surface area contributed by atoms with Gasteiger partial charge in [0.2, 0.25) is 5.91 Å². The molecule has 2 atom stereocenters. The molecule has 1 saturated heterocycles. The quantitative estimate of drug-likeness (QED) is 0.260. The van der Waals surface area contributed by atoms with E-state index in [1.807, 2.05) is 0 Å². The highest BCUT2D eigenvalue weighted by atomic mass is 35.5. The van der Waals surface area contributed by atoms with Crippen LogP contribution in [0.2, 0.25) is 10.3 Å². The monoisotopic (exact) mass is 493 g/mol. The molecule has 0 aromatic carbocycles. The number of carbonyl (C=O) groups excluding carboxylic acids is 2. The fourth-order valence-corrected chi connectivity index (χ4v) is 5.62. The van der Waals surface area contributed by atoms with Gasteiger partial charge in [-0.2, -0.15) is 0 Å². The van der Waals surface area contributed by atoms with Crippen molar-refractivity contribution in [3.8, 4) is 0 Å². The molecule has 12 heteroatoms. The first kappa shape index (κ1) is 22.3. The average Bonchev–Trinajstić information content (AvgIpc) is 2.67. The SMILES string of the molecule is O=C(CSc1cc(Cl)nc(Cl)c1)N[C@@H]1C(=O)N2C(C(=O)O)=C(C=CCCl)CS[C@H]12. The van der Waals surface area contributed by atoms with Gasteiger partial charge in [0.1, 0.15) is 27.4 Å². The molecule has 0 aliphatic carbocycles. The molecule has 1 aromatic heterocycles. The highest BCUT2D eigenvalue weighted by Crippen LogP contribution is 2.40. The Morgan fingerprint density at radius 2 is 2.07 bits per heavy atom. The molecule has 1 aromatic rings. The molecule has 2 aliphatic heterocycles. The largest absolute Gasteiger partial charge is 0.477 e. The smallest absolute Gasteiger partial charge is 0.352 e. The predicted octanol–water partition coefficient (Wildman–Crippen LogP) is 3.01. The van der Waals surface area contributed by atoms with Crippen molar-refractivity contribution in [2.75, 3.05) is 17.4 Å². The first-order valence-corrected chi connectivity index (χ1v) is 11.5. The maximum Gasteiger partial charge on any atom is 0.352 e. The summed E-state index contributed by atoms with van der Waals surface area (Å²) < 4.78 is 0. The van der Waals surface area contributed by atoms with E-state index in [2.05, 4.69) is 10.3 Å². The molecule has 0 saturated carbocycles. The number of β-lactam (4-membered cyclic amide) rings is 1. The number of carboxylic acids is 1. The molecule has 0 spiro atoms. The van der Waals surface area contributed by atoms with Crippen LogP contribution in [0.3, 0.4) is 0 Å². The van der Waals surface area contributed by atoms with Crippen LogP contribution < -0.4 is 5.32 Å². The summed E-state index contributed by atoms with van der Waals surface area (Å²) in [7, 11) is 0. The lowest BCUT2D eigenvalue weighted by Gasteiger charge is -2.49. The predicted molar refractivity (Wildman–Crippen MR) is 115 cm³/mol. The summed E-state index contributed by atoms with van der Waals surface area (Å²) in [5, 5.41) is 12.2. The minimum atomic E-state index is -1.19. The van der Waals surface area contributed by atoms with Gasteiger partial charge in [0.05, 0.1) is 5.75 Å². The molecule has 2 amide bonds. The van der Waals surface area contributed by atoms with Crippen LogP contribution in [-0.4, -0.2) is 61.6 Å². The number of carbonyl (C=O) groups is 3. The topological polar surface area (TPSA) is 99.6 Å². The molecule has 0 radical (unpaired) electrons. The zero-order valence-electron chi connectivity index (χ0n) is 14.6. The van der Waals surface area contributed by atoms with Crippen molar-refractivity contribution in [2.45, 2.75) is 16.3 Å². The number of allylic oxidation sites excluding steroid dienone is 2. The average molecular weight is 495 g/mol. The lowest BCUT2D eigenvalue weighted by atomic mass is 10.0. The number of thioether (sulfide) groups is 2. The zero-order valence-corrected chi connectivity index (χ0v) is 18.5. The Balaban J connectivity index is 1.63. The van der Waals surface area contributed by atoms with Gasteiger partial charge in [-0.15, -0.1) is 35.1 Å². The number of aliphatic carboxylic acids is 1. The number of nitrogens with one attached hydrogen (secondary N) is 1. The van der Waals surface area contributed by atoms with Crippen molar-refractivity contribution in [3.05, 3.63) is 45.9 Å². The van der Waals surface area contributed by atoms with Gasteiger partial charge in [-0.25, -0.2) is 9.78 Å². The maximum atomic E-state index is 12.5. The van der Waals surface area contributed by atoms with Gasteiger partial charge >= 0.3 is 5.97 Å². The normalized spacial score (nSPS) is 21.2. The molecule has 7 nitrogen and oxygen atoms in total. The number of hydrogen-bond donors (Lipinski definition) is 2. The molecule has 2 N–H and O–H groups in total. The first-order chi connectivity index (χ1) is 13.8. The Morgan fingerprint density at radius 3 is 2.69 bits per heavy atom. The first-order valence-electron chi connectivity index (χ1n) is 8.20. The van der Waals surface area contributed by atoms with Gasteiger partial charge in [0.15, 0.2) is 0 Å². The van der Waals surface area contributed by atoms with Crippen LogP contribution in [0.15, 0.2) is 40.5 Å². The van der Waals surface area contributed by atoms with Gasteiger partial charge in [0, 0.05) is 16.5 Å². The molecule has 3 rings (SSSR count). The number of nitrogens with zero attached hydrogens (tertiary/aromatic N) is 2. The van der Waals surface area contributed by atoms with Gasteiger partial charge in [-0.1, -0.05) is 35.4 Å². The Kier molecular flexibility index (Phi) is 7.39. The summed E-state index contributed by atoms with van der Waals surface area (Å²) in [5.74, 6) is -1.31. The van der Waals surface area contributed by atoms with E-state index in [1.165, 1.54) is 28.4 Å². The third-order valence-corrected chi connectivity index (χ3v) is 6.87. The van der Waals surface area contributed by atoms with Crippen molar-refractivity contribution in [1.82, 2.24) is 15.2 Å². The van der Waals surface area contributed by atoms with E-state index in [9.17, 15) is 19.5 Å². The second-order valence-electron chi connectivity index (χ2n) is 5.93. The molecule has 154 valence electrons. The van der Waals surface area contributed by atoms with Crippen molar-refractivity contribution < 1.29 is 19.5 Å². The Hall–Kier alpha value is -1.39.